The van der Waals surface area contributed by atoms with E-state index in [0.717, 1.165) is 75.4 Å². The molecular formula is C24H29N7O. The zero-order valence-corrected chi connectivity index (χ0v) is 18.2. The van der Waals surface area contributed by atoms with E-state index >= 15 is 0 Å². The van der Waals surface area contributed by atoms with Crippen LogP contribution in [-0.2, 0) is 4.74 Å². The van der Waals surface area contributed by atoms with Crippen molar-refractivity contribution in [2.45, 2.75) is 12.6 Å². The van der Waals surface area contributed by atoms with Gasteiger partial charge < -0.3 is 10.1 Å². The highest BCUT2D eigenvalue weighted by Crippen LogP contribution is 2.33. The number of hydrogen-bond donors (Lipinski definition) is 1. The second kappa shape index (κ2) is 8.54. The lowest BCUT2D eigenvalue weighted by atomic mass is 10.1. The van der Waals surface area contributed by atoms with Crippen LogP contribution < -0.4 is 10.2 Å². The van der Waals surface area contributed by atoms with Gasteiger partial charge in [0.1, 0.15) is 6.17 Å². The van der Waals surface area contributed by atoms with Gasteiger partial charge in [-0.1, -0.05) is 42.5 Å². The van der Waals surface area contributed by atoms with Gasteiger partial charge in [0.2, 0.25) is 11.9 Å². The molecule has 0 amide bonds. The van der Waals surface area contributed by atoms with E-state index in [2.05, 4.69) is 79.2 Å². The maximum absolute atomic E-state index is 5.46. The molecule has 166 valence electrons. The number of imidazole rings is 1. The highest BCUT2D eigenvalue weighted by atomic mass is 16.5. The summed E-state index contributed by atoms with van der Waals surface area (Å²) in [5, 5.41) is 3.68. The van der Waals surface area contributed by atoms with E-state index in [4.69, 9.17) is 14.7 Å². The molecule has 1 aromatic heterocycles. The van der Waals surface area contributed by atoms with Crippen LogP contribution in [-0.4, -0.2) is 78.0 Å². The first-order valence-corrected chi connectivity index (χ1v) is 11.5. The number of rotatable bonds is 5. The molecule has 32 heavy (non-hydrogen) atoms. The zero-order valence-electron chi connectivity index (χ0n) is 18.2. The van der Waals surface area contributed by atoms with E-state index in [1.807, 2.05) is 0 Å². The molecule has 1 N–H and O–H groups in total. The van der Waals surface area contributed by atoms with Crippen LogP contribution >= 0.6 is 0 Å². The van der Waals surface area contributed by atoms with Gasteiger partial charge in [-0.3, -0.25) is 19.3 Å². The van der Waals surface area contributed by atoms with E-state index in [0.29, 0.717) is 6.67 Å². The SMILES string of the molecule is c1ccc([C@H]2NC3=NCN(CCCN4CCOCC4)CN3c3nc4ccccc4n32)cc1. The molecule has 8 heteroatoms. The van der Waals surface area contributed by atoms with Crippen LogP contribution in [0.25, 0.3) is 11.0 Å². The summed E-state index contributed by atoms with van der Waals surface area (Å²) in [5.41, 5.74) is 3.34. The lowest BCUT2D eigenvalue weighted by Crippen LogP contribution is -2.57. The molecule has 2 aromatic carbocycles. The summed E-state index contributed by atoms with van der Waals surface area (Å²) in [5.74, 6) is 1.86. The van der Waals surface area contributed by atoms with E-state index in [9.17, 15) is 0 Å². The van der Waals surface area contributed by atoms with Crippen molar-refractivity contribution < 1.29 is 4.74 Å². The largest absolute Gasteiger partial charge is 0.379 e. The van der Waals surface area contributed by atoms with Crippen LogP contribution in [0.5, 0.6) is 0 Å². The van der Waals surface area contributed by atoms with E-state index in [1.54, 1.807) is 0 Å². The molecular weight excluding hydrogens is 402 g/mol. The van der Waals surface area contributed by atoms with Crippen molar-refractivity contribution in [2.75, 3.05) is 57.6 Å². The molecule has 8 nitrogen and oxygen atoms in total. The minimum absolute atomic E-state index is 0.0264. The highest BCUT2D eigenvalue weighted by molar-refractivity contribution is 5.98. The van der Waals surface area contributed by atoms with E-state index in [1.165, 1.54) is 5.56 Å². The van der Waals surface area contributed by atoms with Gasteiger partial charge in [-0.15, -0.1) is 0 Å². The first-order chi connectivity index (χ1) is 15.9. The summed E-state index contributed by atoms with van der Waals surface area (Å²) in [4.78, 5) is 17.0. The zero-order chi connectivity index (χ0) is 21.3. The van der Waals surface area contributed by atoms with Crippen LogP contribution in [0, 0.1) is 0 Å². The number of morpholine rings is 1. The number of hydrogen-bond acceptors (Lipinski definition) is 7. The molecule has 0 radical (unpaired) electrons. The van der Waals surface area contributed by atoms with Crippen LogP contribution in [0.15, 0.2) is 59.6 Å². The number of nitrogens with zero attached hydrogens (tertiary/aromatic N) is 6. The van der Waals surface area contributed by atoms with Crippen molar-refractivity contribution in [3.8, 4) is 0 Å². The van der Waals surface area contributed by atoms with Crippen molar-refractivity contribution in [1.82, 2.24) is 24.7 Å². The number of anilines is 1. The lowest BCUT2D eigenvalue weighted by molar-refractivity contribution is 0.0361. The standard InChI is InChI=1S/C24H29N7O/c1-2-7-19(8-3-1)22-27-23-25-17-29(12-6-11-28-13-15-32-16-14-28)18-30(23)24-26-20-9-4-5-10-21(20)31(22)24/h1-5,7-10,22H,6,11-18H2,(H,25,27)/t22-/m0/s1. The number of guanidine groups is 1. The fourth-order valence-electron chi connectivity index (χ4n) is 4.86. The molecule has 6 rings (SSSR count). The molecule has 1 saturated heterocycles. The molecule has 0 spiro atoms. The molecule has 0 aliphatic carbocycles. The maximum Gasteiger partial charge on any atom is 0.216 e. The number of ether oxygens (including phenoxy) is 1. The number of aliphatic imine (C=N–C) groups is 1. The fraction of sp³-hybridized carbons (Fsp3) is 0.417. The van der Waals surface area contributed by atoms with Gasteiger partial charge in [-0.25, -0.2) is 9.98 Å². The molecule has 3 aliphatic rings. The van der Waals surface area contributed by atoms with Gasteiger partial charge >= 0.3 is 0 Å². The predicted molar refractivity (Wildman–Crippen MR) is 126 cm³/mol. The van der Waals surface area contributed by atoms with E-state index < -0.39 is 0 Å². The Hall–Kier alpha value is -2.94. The van der Waals surface area contributed by atoms with Crippen LogP contribution in [0.2, 0.25) is 0 Å². The Morgan fingerprint density at radius 2 is 1.72 bits per heavy atom. The molecule has 0 saturated carbocycles. The van der Waals surface area contributed by atoms with Gasteiger partial charge in [-0.2, -0.15) is 0 Å². The lowest BCUT2D eigenvalue weighted by Gasteiger charge is -2.41. The van der Waals surface area contributed by atoms with Crippen LogP contribution in [0.3, 0.4) is 0 Å². The Labute approximate surface area is 188 Å². The average Bonchev–Trinajstić information content (AvgIpc) is 3.25. The third kappa shape index (κ3) is 3.64. The van der Waals surface area contributed by atoms with Gasteiger partial charge in [-0.05, 0) is 30.7 Å². The highest BCUT2D eigenvalue weighted by Gasteiger charge is 2.35. The second-order valence-corrected chi connectivity index (χ2v) is 8.62. The number of nitrogens with one attached hydrogen (secondary N) is 1. The minimum Gasteiger partial charge on any atom is -0.379 e. The second-order valence-electron chi connectivity index (χ2n) is 8.62. The van der Waals surface area contributed by atoms with Crippen molar-refractivity contribution in [1.29, 1.82) is 0 Å². The molecule has 1 fully saturated rings. The third-order valence-corrected chi connectivity index (χ3v) is 6.53. The van der Waals surface area contributed by atoms with Crippen molar-refractivity contribution in [2.24, 2.45) is 4.99 Å². The average molecular weight is 432 g/mol. The van der Waals surface area contributed by atoms with Gasteiger partial charge in [0.25, 0.3) is 0 Å². The summed E-state index contributed by atoms with van der Waals surface area (Å²) >= 11 is 0. The molecule has 4 heterocycles. The molecule has 3 aliphatic heterocycles. The van der Waals surface area contributed by atoms with Crippen molar-refractivity contribution in [3.63, 3.8) is 0 Å². The van der Waals surface area contributed by atoms with Gasteiger partial charge in [0, 0.05) is 19.6 Å². The van der Waals surface area contributed by atoms with Gasteiger partial charge in [0.05, 0.1) is 37.6 Å². The van der Waals surface area contributed by atoms with Crippen LogP contribution in [0.1, 0.15) is 18.2 Å². The Bertz CT molecular complexity index is 1110. The summed E-state index contributed by atoms with van der Waals surface area (Å²) in [7, 11) is 0. The van der Waals surface area contributed by atoms with Crippen molar-refractivity contribution in [3.05, 3.63) is 60.2 Å². The summed E-state index contributed by atoms with van der Waals surface area (Å²) in [6.45, 7) is 7.44. The predicted octanol–water partition coefficient (Wildman–Crippen LogP) is 2.30. The number of para-hydroxylation sites is 2. The Morgan fingerprint density at radius 1 is 0.938 bits per heavy atom. The topological polar surface area (TPSA) is 61.2 Å². The number of benzene rings is 2. The smallest absolute Gasteiger partial charge is 0.216 e. The molecule has 3 aromatic rings. The van der Waals surface area contributed by atoms with E-state index in [-0.39, 0.29) is 6.17 Å². The summed E-state index contributed by atoms with van der Waals surface area (Å²) in [6, 6.07) is 18.9. The summed E-state index contributed by atoms with van der Waals surface area (Å²) in [6.07, 6.45) is 1.11. The molecule has 0 bridgehead atoms. The Morgan fingerprint density at radius 3 is 2.59 bits per heavy atom. The van der Waals surface area contributed by atoms with Gasteiger partial charge in [0.15, 0.2) is 0 Å². The van der Waals surface area contributed by atoms with Crippen molar-refractivity contribution >= 4 is 22.9 Å². The third-order valence-electron chi connectivity index (χ3n) is 6.53. The van der Waals surface area contributed by atoms with Crippen LogP contribution in [0.4, 0.5) is 5.95 Å². The number of aromatic nitrogens is 2. The quantitative estimate of drug-likeness (QED) is 0.669. The molecule has 0 unspecified atom stereocenters. The Balaban J connectivity index is 1.26. The monoisotopic (exact) mass is 431 g/mol. The number of fused-ring (bicyclic) bond motifs is 5. The normalized spacial score (nSPS) is 21.7. The Kier molecular flexibility index (Phi) is 5.26. The first kappa shape index (κ1) is 19.7. The fourth-order valence-corrected chi connectivity index (χ4v) is 4.86. The summed E-state index contributed by atoms with van der Waals surface area (Å²) < 4.78 is 7.77. The first-order valence-electron chi connectivity index (χ1n) is 11.5. The maximum atomic E-state index is 5.46. The minimum atomic E-state index is -0.0264. The molecule has 1 atom stereocenters.